The Morgan fingerprint density at radius 1 is 0.536 bits per heavy atom. The van der Waals surface area contributed by atoms with Crippen molar-refractivity contribution in [3.63, 3.8) is 0 Å². The lowest BCUT2D eigenvalue weighted by atomic mass is 9.88. The van der Waals surface area contributed by atoms with E-state index >= 15 is 0 Å². The smallest absolute Gasteiger partial charge is 0.199 e. The van der Waals surface area contributed by atoms with E-state index in [9.17, 15) is 65.9 Å². The number of halogens is 15. The van der Waals surface area contributed by atoms with Gasteiger partial charge in [0, 0.05) is 5.66 Å². The summed E-state index contributed by atoms with van der Waals surface area (Å²) in [6.45, 7) is 2.19. The second-order valence-electron chi connectivity index (χ2n) is 6.23. The van der Waals surface area contributed by atoms with Crippen LogP contribution in [0.25, 0.3) is 0 Å². The van der Waals surface area contributed by atoms with Gasteiger partial charge in [0.25, 0.3) is 0 Å². The van der Waals surface area contributed by atoms with Gasteiger partial charge in [-0.05, 0) is 12.3 Å². The normalized spacial score (nSPS) is 17.2. The molecule has 0 heterocycles. The van der Waals surface area contributed by atoms with Gasteiger partial charge in [-0.1, -0.05) is 13.8 Å². The Hall–Kier alpha value is -0.620. The van der Waals surface area contributed by atoms with Crippen LogP contribution in [0.3, 0.4) is 0 Å². The first-order valence-electron chi connectivity index (χ1n) is 6.93. The third-order valence-electron chi connectivity index (χ3n) is 3.54. The molecule has 0 spiro atoms. The van der Waals surface area contributed by atoms with Crippen LogP contribution in [-0.4, -0.2) is 47.4 Å². The molecule has 0 saturated heterocycles. The molecule has 0 aliphatic rings. The zero-order chi connectivity index (χ0) is 23.4. The van der Waals surface area contributed by atoms with E-state index in [0.29, 0.717) is 0 Å². The van der Waals surface area contributed by atoms with Crippen LogP contribution in [-0.2, 0) is 0 Å². The highest BCUT2D eigenvalue weighted by Gasteiger charge is 2.93. The Morgan fingerprint density at radius 2 is 0.821 bits per heavy atom. The number of hydrogen-bond donors (Lipinski definition) is 0. The number of rotatable bonds is 8. The minimum absolute atomic E-state index is 0.884. The molecule has 2 unspecified atom stereocenters. The fraction of sp³-hybridized carbons (Fsp3) is 1.00. The maximum Gasteiger partial charge on any atom is 0.460 e. The van der Waals surface area contributed by atoms with Crippen LogP contribution in [0.1, 0.15) is 20.3 Å². The Balaban J connectivity index is 6.47. The van der Waals surface area contributed by atoms with E-state index < -0.39 is 59.7 Å². The zero-order valence-corrected chi connectivity index (χ0v) is 14.8. The zero-order valence-electron chi connectivity index (χ0n) is 13.6. The van der Waals surface area contributed by atoms with E-state index in [1.54, 1.807) is 0 Å². The van der Waals surface area contributed by atoms with E-state index in [2.05, 4.69) is 0 Å². The van der Waals surface area contributed by atoms with Gasteiger partial charge in [-0.15, -0.1) is 9.24 Å². The molecule has 28 heavy (non-hydrogen) atoms. The molecule has 0 nitrogen and oxygen atoms in total. The third kappa shape index (κ3) is 3.76. The summed E-state index contributed by atoms with van der Waals surface area (Å²) in [5.41, 5.74) is -2.94. The molecule has 0 bridgehead atoms. The molecular weight excluding hydrogens is 460 g/mol. The van der Waals surface area contributed by atoms with Gasteiger partial charge in [-0.25, -0.2) is 0 Å². The standard InChI is InChI=1S/C12H12F15P/c1-4(2)3-5(28)6(13,14)7(15,16)8(17,18)9(19,20)10(21,22)11(23,24)12(25,26)27/h4-5H,3,28H2,1-2H3. The van der Waals surface area contributed by atoms with Gasteiger partial charge in [-0.2, -0.15) is 65.9 Å². The maximum atomic E-state index is 13.7. The van der Waals surface area contributed by atoms with Gasteiger partial charge in [0.05, 0.1) is 0 Å². The molecule has 0 aromatic carbocycles. The molecule has 170 valence electrons. The summed E-state index contributed by atoms with van der Waals surface area (Å²) in [6.07, 6.45) is -8.65. The van der Waals surface area contributed by atoms with Crippen LogP contribution < -0.4 is 0 Å². The molecule has 0 saturated carbocycles. The van der Waals surface area contributed by atoms with E-state index in [4.69, 9.17) is 0 Å². The van der Waals surface area contributed by atoms with E-state index in [0.717, 1.165) is 23.1 Å². The lowest BCUT2D eigenvalue weighted by Gasteiger charge is -2.42. The van der Waals surface area contributed by atoms with Crippen LogP contribution in [0, 0.1) is 5.92 Å². The summed E-state index contributed by atoms with van der Waals surface area (Å²) >= 11 is 0. The molecule has 2 atom stereocenters. The van der Waals surface area contributed by atoms with Gasteiger partial charge in [0.1, 0.15) is 0 Å². The molecule has 0 fully saturated rings. The average molecular weight is 472 g/mol. The van der Waals surface area contributed by atoms with Crippen molar-refractivity contribution in [3.8, 4) is 0 Å². The molecule has 0 rings (SSSR count). The predicted molar refractivity (Wildman–Crippen MR) is 68.7 cm³/mol. The second kappa shape index (κ2) is 7.26. The number of alkyl halides is 15. The molecule has 16 heteroatoms. The molecule has 0 aliphatic carbocycles. The van der Waals surface area contributed by atoms with Gasteiger partial charge >= 0.3 is 41.7 Å². The van der Waals surface area contributed by atoms with Gasteiger partial charge in [0.15, 0.2) is 0 Å². The average Bonchev–Trinajstić information content (AvgIpc) is 2.43. The largest absolute Gasteiger partial charge is 0.460 e. The minimum atomic E-state index is -8.23. The second-order valence-corrected chi connectivity index (χ2v) is 7.03. The summed E-state index contributed by atoms with van der Waals surface area (Å²) in [5.74, 6) is -47.0. The van der Waals surface area contributed by atoms with Gasteiger partial charge < -0.3 is 0 Å². The van der Waals surface area contributed by atoms with Crippen LogP contribution >= 0.6 is 9.24 Å². The molecular formula is C12H12F15P. The monoisotopic (exact) mass is 472 g/mol. The maximum absolute atomic E-state index is 13.7. The molecule has 0 amide bonds. The van der Waals surface area contributed by atoms with Crippen molar-refractivity contribution >= 4 is 9.24 Å². The minimum Gasteiger partial charge on any atom is -0.199 e. The topological polar surface area (TPSA) is 0 Å². The lowest BCUT2D eigenvalue weighted by molar-refractivity contribution is -0.452. The van der Waals surface area contributed by atoms with E-state index in [-0.39, 0.29) is 0 Å². The first-order valence-corrected chi connectivity index (χ1v) is 7.59. The molecule has 0 radical (unpaired) electrons. The summed E-state index contributed by atoms with van der Waals surface area (Å²) in [7, 11) is 0.884. The van der Waals surface area contributed by atoms with E-state index in [1.807, 2.05) is 0 Å². The van der Waals surface area contributed by atoms with Crippen molar-refractivity contribution in [2.75, 3.05) is 0 Å². The fourth-order valence-corrected chi connectivity index (χ4v) is 2.62. The van der Waals surface area contributed by atoms with Crippen molar-refractivity contribution in [1.82, 2.24) is 0 Å². The summed E-state index contributed by atoms with van der Waals surface area (Å²) in [4.78, 5) is 0. The molecule has 0 aliphatic heterocycles. The fourth-order valence-electron chi connectivity index (χ4n) is 1.87. The quantitative estimate of drug-likeness (QED) is 0.274. The highest BCUT2D eigenvalue weighted by molar-refractivity contribution is 7.17. The first-order chi connectivity index (χ1) is 11.8. The summed E-state index contributed by atoms with van der Waals surface area (Å²) < 4.78 is 195. The van der Waals surface area contributed by atoms with Gasteiger partial charge in [-0.3, -0.25) is 0 Å². The van der Waals surface area contributed by atoms with Crippen LogP contribution in [0.15, 0.2) is 0 Å². The number of hydrogen-bond acceptors (Lipinski definition) is 0. The Labute approximate surface area is 150 Å². The third-order valence-corrected chi connectivity index (χ3v) is 4.23. The highest BCUT2D eigenvalue weighted by atomic mass is 31.0. The molecule has 0 aromatic heterocycles. The van der Waals surface area contributed by atoms with Crippen LogP contribution in [0.4, 0.5) is 65.9 Å². The van der Waals surface area contributed by atoms with Crippen LogP contribution in [0.2, 0.25) is 0 Å². The molecule has 0 aromatic rings. The van der Waals surface area contributed by atoms with Crippen molar-refractivity contribution in [2.24, 2.45) is 5.92 Å². The van der Waals surface area contributed by atoms with Crippen LogP contribution in [0.5, 0.6) is 0 Å². The summed E-state index contributed by atoms with van der Waals surface area (Å²) in [5, 5.41) is 0. The van der Waals surface area contributed by atoms with Crippen molar-refractivity contribution in [2.45, 2.75) is 67.6 Å². The van der Waals surface area contributed by atoms with Crippen molar-refractivity contribution in [1.29, 1.82) is 0 Å². The highest BCUT2D eigenvalue weighted by Crippen LogP contribution is 2.63. The predicted octanol–water partition coefficient (Wildman–Crippen LogP) is 6.65. The molecule has 0 N–H and O–H groups in total. The van der Waals surface area contributed by atoms with Crippen molar-refractivity contribution in [3.05, 3.63) is 0 Å². The first kappa shape index (κ1) is 27.4. The lowest BCUT2D eigenvalue weighted by Crippen LogP contribution is -2.73. The Bertz CT molecular complexity index is 548. The Kier molecular flexibility index (Phi) is 7.10. The van der Waals surface area contributed by atoms with Gasteiger partial charge in [0.2, 0.25) is 0 Å². The van der Waals surface area contributed by atoms with Crippen molar-refractivity contribution < 1.29 is 65.9 Å². The summed E-state index contributed by atoms with van der Waals surface area (Å²) in [6, 6.07) is 0. The SMILES string of the molecule is CC(C)CC(P)C(F)(F)C(F)(F)C(F)(F)C(F)(F)C(F)(F)C(F)(F)C(F)(F)F. The van der Waals surface area contributed by atoms with E-state index in [1.165, 1.54) is 0 Å². The Morgan fingerprint density at radius 3 is 1.11 bits per heavy atom.